The van der Waals surface area contributed by atoms with E-state index in [0.717, 1.165) is 24.2 Å². The second-order valence-electron chi connectivity index (χ2n) is 4.64. The molecule has 0 aromatic heterocycles. The Balaban J connectivity index is 2.19. The maximum Gasteiger partial charge on any atom is 0.122 e. The third-order valence-electron chi connectivity index (χ3n) is 3.44. The van der Waals surface area contributed by atoms with Crippen molar-refractivity contribution >= 4 is 5.69 Å². The number of rotatable bonds is 3. The zero-order valence-electron chi connectivity index (χ0n) is 10.3. The molecule has 1 aliphatic rings. The van der Waals surface area contributed by atoms with Crippen molar-refractivity contribution in [1.29, 1.82) is 0 Å². The number of aliphatic hydroxyl groups excluding tert-OH is 1. The molecule has 1 fully saturated rings. The SMILES string of the molecule is CNC(C)c1ccc(N2CCC(O)C2)cc1O. The van der Waals surface area contributed by atoms with Crippen molar-refractivity contribution in [1.82, 2.24) is 5.32 Å². The summed E-state index contributed by atoms with van der Waals surface area (Å²) in [6.07, 6.45) is 0.558. The standard InChI is InChI=1S/C13H20N2O2/c1-9(14-2)12-4-3-10(7-13(12)17)15-6-5-11(16)8-15/h3-4,7,9,11,14,16-17H,5-6,8H2,1-2H3. The predicted octanol–water partition coefficient (Wildman–Crippen LogP) is 1.24. The molecule has 0 bridgehead atoms. The predicted molar refractivity (Wildman–Crippen MR) is 68.4 cm³/mol. The van der Waals surface area contributed by atoms with Gasteiger partial charge in [0.15, 0.2) is 0 Å². The summed E-state index contributed by atoms with van der Waals surface area (Å²) in [4.78, 5) is 2.10. The van der Waals surface area contributed by atoms with Gasteiger partial charge in [-0.1, -0.05) is 6.07 Å². The Morgan fingerprint density at radius 2 is 2.24 bits per heavy atom. The molecule has 1 heterocycles. The molecule has 2 atom stereocenters. The first-order chi connectivity index (χ1) is 8.11. The third kappa shape index (κ3) is 2.53. The minimum absolute atomic E-state index is 0.133. The van der Waals surface area contributed by atoms with Crippen LogP contribution in [0.15, 0.2) is 18.2 Å². The Bertz CT molecular complexity index is 395. The molecule has 3 N–H and O–H groups in total. The van der Waals surface area contributed by atoms with E-state index in [2.05, 4.69) is 10.2 Å². The van der Waals surface area contributed by atoms with Crippen LogP contribution in [-0.4, -0.2) is 36.5 Å². The summed E-state index contributed by atoms with van der Waals surface area (Å²) < 4.78 is 0. The summed E-state index contributed by atoms with van der Waals surface area (Å²) in [5.74, 6) is 0.311. The van der Waals surface area contributed by atoms with Crippen LogP contribution in [0.4, 0.5) is 5.69 Å². The van der Waals surface area contributed by atoms with E-state index < -0.39 is 0 Å². The topological polar surface area (TPSA) is 55.7 Å². The Kier molecular flexibility index (Phi) is 3.54. The van der Waals surface area contributed by atoms with Gasteiger partial charge in [-0.05, 0) is 26.5 Å². The second kappa shape index (κ2) is 4.94. The number of phenols is 1. The summed E-state index contributed by atoms with van der Waals surface area (Å²) >= 11 is 0. The highest BCUT2D eigenvalue weighted by Gasteiger charge is 2.21. The molecule has 0 aliphatic carbocycles. The number of aliphatic hydroxyl groups is 1. The van der Waals surface area contributed by atoms with Crippen LogP contribution in [-0.2, 0) is 0 Å². The van der Waals surface area contributed by atoms with Crippen LogP contribution in [0.3, 0.4) is 0 Å². The molecule has 0 amide bonds. The number of nitrogens with one attached hydrogen (secondary N) is 1. The molecule has 1 saturated heterocycles. The number of β-amino-alcohol motifs (C(OH)–C–C–N with tert-alkyl or cyclic N) is 1. The Morgan fingerprint density at radius 1 is 1.47 bits per heavy atom. The smallest absolute Gasteiger partial charge is 0.122 e. The van der Waals surface area contributed by atoms with Gasteiger partial charge in [0, 0.05) is 36.4 Å². The molecule has 17 heavy (non-hydrogen) atoms. The third-order valence-corrected chi connectivity index (χ3v) is 3.44. The van der Waals surface area contributed by atoms with Gasteiger partial charge in [-0.3, -0.25) is 0 Å². The average Bonchev–Trinajstić information content (AvgIpc) is 2.75. The van der Waals surface area contributed by atoms with E-state index in [-0.39, 0.29) is 12.1 Å². The maximum atomic E-state index is 9.99. The van der Waals surface area contributed by atoms with Gasteiger partial charge in [0.05, 0.1) is 6.10 Å². The molecule has 4 nitrogen and oxygen atoms in total. The number of phenolic OH excluding ortho intramolecular Hbond substituents is 1. The number of hydrogen-bond donors (Lipinski definition) is 3. The first-order valence-electron chi connectivity index (χ1n) is 6.05. The van der Waals surface area contributed by atoms with Crippen LogP contribution in [0.2, 0.25) is 0 Å². The van der Waals surface area contributed by atoms with Crippen molar-refractivity contribution in [3.63, 3.8) is 0 Å². The monoisotopic (exact) mass is 236 g/mol. The number of aromatic hydroxyl groups is 1. The quantitative estimate of drug-likeness (QED) is 0.739. The van der Waals surface area contributed by atoms with Crippen LogP contribution < -0.4 is 10.2 Å². The highest BCUT2D eigenvalue weighted by molar-refractivity contribution is 5.54. The Hall–Kier alpha value is -1.26. The fourth-order valence-corrected chi connectivity index (χ4v) is 2.23. The van der Waals surface area contributed by atoms with Crippen molar-refractivity contribution in [2.24, 2.45) is 0 Å². The van der Waals surface area contributed by atoms with E-state index >= 15 is 0 Å². The van der Waals surface area contributed by atoms with E-state index in [1.165, 1.54) is 0 Å². The van der Waals surface area contributed by atoms with Crippen LogP contribution in [0.25, 0.3) is 0 Å². The van der Waals surface area contributed by atoms with Crippen molar-refractivity contribution < 1.29 is 10.2 Å². The molecule has 0 saturated carbocycles. The van der Waals surface area contributed by atoms with Crippen LogP contribution in [0, 0.1) is 0 Å². The Morgan fingerprint density at radius 3 is 2.76 bits per heavy atom. The summed E-state index contributed by atoms with van der Waals surface area (Å²) in [6.45, 7) is 3.51. The highest BCUT2D eigenvalue weighted by Crippen LogP contribution is 2.30. The van der Waals surface area contributed by atoms with Crippen LogP contribution in [0.1, 0.15) is 24.9 Å². The van der Waals surface area contributed by atoms with Crippen molar-refractivity contribution in [3.8, 4) is 5.75 Å². The van der Waals surface area contributed by atoms with E-state index in [0.29, 0.717) is 12.3 Å². The molecular weight excluding hydrogens is 216 g/mol. The fraction of sp³-hybridized carbons (Fsp3) is 0.538. The first-order valence-corrected chi connectivity index (χ1v) is 6.05. The lowest BCUT2D eigenvalue weighted by Gasteiger charge is -2.20. The molecule has 4 heteroatoms. The zero-order valence-corrected chi connectivity index (χ0v) is 10.3. The zero-order chi connectivity index (χ0) is 12.4. The van der Waals surface area contributed by atoms with Gasteiger partial charge in [0.2, 0.25) is 0 Å². The normalized spacial score (nSPS) is 21.8. The van der Waals surface area contributed by atoms with E-state index in [1.807, 2.05) is 26.1 Å². The summed E-state index contributed by atoms with van der Waals surface area (Å²) in [6, 6.07) is 5.85. The van der Waals surface area contributed by atoms with Crippen LogP contribution >= 0.6 is 0 Å². The van der Waals surface area contributed by atoms with Gasteiger partial charge in [-0.2, -0.15) is 0 Å². The van der Waals surface area contributed by atoms with Crippen molar-refractivity contribution in [2.45, 2.75) is 25.5 Å². The lowest BCUT2D eigenvalue weighted by Crippen LogP contribution is -2.21. The van der Waals surface area contributed by atoms with E-state index in [9.17, 15) is 10.2 Å². The minimum Gasteiger partial charge on any atom is -0.508 e. The highest BCUT2D eigenvalue weighted by atomic mass is 16.3. The molecule has 2 unspecified atom stereocenters. The lowest BCUT2D eigenvalue weighted by molar-refractivity contribution is 0.198. The molecular formula is C13H20N2O2. The van der Waals surface area contributed by atoms with Crippen molar-refractivity contribution in [3.05, 3.63) is 23.8 Å². The molecule has 0 spiro atoms. The van der Waals surface area contributed by atoms with Gasteiger partial charge >= 0.3 is 0 Å². The minimum atomic E-state index is -0.243. The largest absolute Gasteiger partial charge is 0.508 e. The van der Waals surface area contributed by atoms with Gasteiger partial charge in [0.1, 0.15) is 5.75 Å². The molecule has 94 valence electrons. The van der Waals surface area contributed by atoms with Crippen LogP contribution in [0.5, 0.6) is 5.75 Å². The Labute approximate surface area is 102 Å². The average molecular weight is 236 g/mol. The van der Waals surface area contributed by atoms with E-state index in [1.54, 1.807) is 6.07 Å². The number of benzene rings is 1. The lowest BCUT2D eigenvalue weighted by atomic mass is 10.1. The molecule has 0 radical (unpaired) electrons. The fourth-order valence-electron chi connectivity index (χ4n) is 2.23. The number of hydrogen-bond acceptors (Lipinski definition) is 4. The maximum absolute atomic E-state index is 9.99. The van der Waals surface area contributed by atoms with Gasteiger partial charge in [-0.25, -0.2) is 0 Å². The number of anilines is 1. The molecule has 1 aliphatic heterocycles. The summed E-state index contributed by atoms with van der Waals surface area (Å²) in [7, 11) is 1.87. The number of nitrogens with zero attached hydrogens (tertiary/aromatic N) is 1. The molecule has 1 aromatic rings. The van der Waals surface area contributed by atoms with Gasteiger partial charge in [-0.15, -0.1) is 0 Å². The van der Waals surface area contributed by atoms with Gasteiger partial charge in [0.25, 0.3) is 0 Å². The second-order valence-corrected chi connectivity index (χ2v) is 4.64. The first kappa shape index (κ1) is 12.2. The van der Waals surface area contributed by atoms with Gasteiger partial charge < -0.3 is 20.4 Å². The molecule has 1 aromatic carbocycles. The van der Waals surface area contributed by atoms with E-state index in [4.69, 9.17) is 0 Å². The summed E-state index contributed by atoms with van der Waals surface area (Å²) in [5, 5.41) is 22.6. The van der Waals surface area contributed by atoms with Crippen molar-refractivity contribution in [2.75, 3.05) is 25.0 Å². The summed E-state index contributed by atoms with van der Waals surface area (Å²) in [5.41, 5.74) is 1.88. The molecule has 2 rings (SSSR count).